The predicted molar refractivity (Wildman–Crippen MR) is 68.1 cm³/mol. The summed E-state index contributed by atoms with van der Waals surface area (Å²) in [5.41, 5.74) is 1.47. The van der Waals surface area contributed by atoms with Crippen LogP contribution in [-0.4, -0.2) is 48.1 Å². The second-order valence-corrected chi connectivity index (χ2v) is 5.93. The van der Waals surface area contributed by atoms with Gasteiger partial charge in [0.15, 0.2) is 0 Å². The van der Waals surface area contributed by atoms with Gasteiger partial charge >= 0.3 is 0 Å². The van der Waals surface area contributed by atoms with Crippen LogP contribution in [0, 0.1) is 18.3 Å². The molecule has 0 bridgehead atoms. The lowest BCUT2D eigenvalue weighted by atomic mass is 9.83. The minimum absolute atomic E-state index is 0.419. The monoisotopic (exact) mass is 232 g/mol. The number of hydrogen-bond donors (Lipinski definition) is 0. The maximum absolute atomic E-state index is 4.53. The number of hydrogen-bond acceptors (Lipinski definition) is 4. The number of nitrogens with zero attached hydrogens (tertiary/aromatic N) is 4. The summed E-state index contributed by atoms with van der Waals surface area (Å²) in [6, 6.07) is 1.95. The zero-order valence-electron chi connectivity index (χ0n) is 10.8. The van der Waals surface area contributed by atoms with Crippen LogP contribution < -0.4 is 4.90 Å². The number of anilines is 1. The molecule has 4 heteroatoms. The normalized spacial score (nSPS) is 33.1. The first kappa shape index (κ1) is 11.0. The fourth-order valence-corrected chi connectivity index (χ4v) is 3.37. The minimum atomic E-state index is 0.419. The Labute approximate surface area is 103 Å². The maximum atomic E-state index is 4.53. The molecule has 17 heavy (non-hydrogen) atoms. The standard InChI is InChI=1S/C13H20N4/c1-10-4-5-14-12(15-10)17-7-11-6-16(3)8-13(11,2)9-17/h4-5,11H,6-9H2,1-3H3/t11?,13-/m0/s1. The average molecular weight is 232 g/mol. The Morgan fingerprint density at radius 2 is 2.18 bits per heavy atom. The first-order chi connectivity index (χ1) is 8.07. The van der Waals surface area contributed by atoms with Crippen molar-refractivity contribution in [3.05, 3.63) is 18.0 Å². The molecular formula is C13H20N4. The van der Waals surface area contributed by atoms with Crippen molar-refractivity contribution in [3.63, 3.8) is 0 Å². The van der Waals surface area contributed by atoms with Crippen molar-refractivity contribution in [2.24, 2.45) is 11.3 Å². The third kappa shape index (κ3) is 1.80. The molecule has 0 N–H and O–H groups in total. The molecule has 3 heterocycles. The third-order valence-corrected chi connectivity index (χ3v) is 4.21. The van der Waals surface area contributed by atoms with Crippen LogP contribution in [0.1, 0.15) is 12.6 Å². The van der Waals surface area contributed by atoms with Crippen molar-refractivity contribution in [2.75, 3.05) is 38.1 Å². The fraction of sp³-hybridized carbons (Fsp3) is 0.692. The zero-order valence-corrected chi connectivity index (χ0v) is 10.8. The topological polar surface area (TPSA) is 32.3 Å². The molecule has 0 saturated carbocycles. The van der Waals surface area contributed by atoms with E-state index >= 15 is 0 Å². The summed E-state index contributed by atoms with van der Waals surface area (Å²) in [6.07, 6.45) is 1.86. The van der Waals surface area contributed by atoms with E-state index in [0.29, 0.717) is 5.41 Å². The number of fused-ring (bicyclic) bond motifs is 1. The van der Waals surface area contributed by atoms with Crippen LogP contribution in [0.2, 0.25) is 0 Å². The Balaban J connectivity index is 1.82. The molecule has 1 aromatic rings. The van der Waals surface area contributed by atoms with Crippen LogP contribution in [0.15, 0.2) is 12.3 Å². The summed E-state index contributed by atoms with van der Waals surface area (Å²) in [6.45, 7) is 9.02. The Hall–Kier alpha value is -1.16. The van der Waals surface area contributed by atoms with E-state index in [1.807, 2.05) is 19.2 Å². The molecule has 1 unspecified atom stereocenters. The Bertz CT molecular complexity index is 433. The van der Waals surface area contributed by atoms with Crippen molar-refractivity contribution in [1.82, 2.24) is 14.9 Å². The highest BCUT2D eigenvalue weighted by atomic mass is 15.3. The molecule has 0 radical (unpaired) electrons. The smallest absolute Gasteiger partial charge is 0.225 e. The van der Waals surface area contributed by atoms with Crippen molar-refractivity contribution in [3.8, 4) is 0 Å². The second-order valence-electron chi connectivity index (χ2n) is 5.93. The SMILES string of the molecule is Cc1ccnc(N2CC3CN(C)C[C@@]3(C)C2)n1. The highest BCUT2D eigenvalue weighted by Gasteiger charge is 2.48. The van der Waals surface area contributed by atoms with E-state index in [1.165, 1.54) is 13.1 Å². The van der Waals surface area contributed by atoms with Gasteiger partial charge in [0.2, 0.25) is 5.95 Å². The Morgan fingerprint density at radius 1 is 1.35 bits per heavy atom. The number of rotatable bonds is 1. The fourth-order valence-electron chi connectivity index (χ4n) is 3.37. The molecule has 2 saturated heterocycles. The number of aromatic nitrogens is 2. The summed E-state index contributed by atoms with van der Waals surface area (Å²) < 4.78 is 0. The van der Waals surface area contributed by atoms with E-state index in [0.717, 1.165) is 30.6 Å². The molecule has 0 amide bonds. The lowest BCUT2D eigenvalue weighted by Gasteiger charge is -2.23. The lowest BCUT2D eigenvalue weighted by molar-refractivity contribution is 0.313. The van der Waals surface area contributed by atoms with Crippen LogP contribution in [-0.2, 0) is 0 Å². The summed E-state index contributed by atoms with van der Waals surface area (Å²) in [7, 11) is 2.22. The van der Waals surface area contributed by atoms with Crippen molar-refractivity contribution in [2.45, 2.75) is 13.8 Å². The van der Waals surface area contributed by atoms with Gasteiger partial charge in [-0.1, -0.05) is 6.92 Å². The molecule has 4 nitrogen and oxygen atoms in total. The van der Waals surface area contributed by atoms with E-state index in [2.05, 4.69) is 33.7 Å². The summed E-state index contributed by atoms with van der Waals surface area (Å²) >= 11 is 0. The number of likely N-dealkylation sites (tertiary alicyclic amines) is 1. The minimum Gasteiger partial charge on any atom is -0.340 e. The molecule has 92 valence electrons. The van der Waals surface area contributed by atoms with Gasteiger partial charge in [-0.3, -0.25) is 0 Å². The molecule has 0 aliphatic carbocycles. The van der Waals surface area contributed by atoms with Gasteiger partial charge in [-0.05, 0) is 26.0 Å². The molecule has 2 fully saturated rings. The van der Waals surface area contributed by atoms with Gasteiger partial charge in [-0.25, -0.2) is 9.97 Å². The van der Waals surface area contributed by atoms with Crippen LogP contribution in [0.4, 0.5) is 5.95 Å². The maximum Gasteiger partial charge on any atom is 0.225 e. The van der Waals surface area contributed by atoms with Gasteiger partial charge in [0.05, 0.1) is 0 Å². The van der Waals surface area contributed by atoms with E-state index in [4.69, 9.17) is 0 Å². The van der Waals surface area contributed by atoms with E-state index < -0.39 is 0 Å². The Morgan fingerprint density at radius 3 is 2.88 bits per heavy atom. The summed E-state index contributed by atoms with van der Waals surface area (Å²) in [5, 5.41) is 0. The van der Waals surface area contributed by atoms with E-state index in [-0.39, 0.29) is 0 Å². The predicted octanol–water partition coefficient (Wildman–Crippen LogP) is 1.17. The van der Waals surface area contributed by atoms with Crippen LogP contribution in [0.5, 0.6) is 0 Å². The average Bonchev–Trinajstić information content (AvgIpc) is 2.68. The van der Waals surface area contributed by atoms with Crippen LogP contribution in [0.25, 0.3) is 0 Å². The van der Waals surface area contributed by atoms with Crippen molar-refractivity contribution in [1.29, 1.82) is 0 Å². The summed E-state index contributed by atoms with van der Waals surface area (Å²) in [5.74, 6) is 1.67. The van der Waals surface area contributed by atoms with Gasteiger partial charge in [-0.2, -0.15) is 0 Å². The highest BCUT2D eigenvalue weighted by molar-refractivity contribution is 5.34. The van der Waals surface area contributed by atoms with Gasteiger partial charge < -0.3 is 9.80 Å². The molecular weight excluding hydrogens is 212 g/mol. The second kappa shape index (κ2) is 3.67. The first-order valence-corrected chi connectivity index (χ1v) is 6.30. The number of aryl methyl sites for hydroxylation is 1. The van der Waals surface area contributed by atoms with Crippen LogP contribution in [0.3, 0.4) is 0 Å². The van der Waals surface area contributed by atoms with Gasteiger partial charge in [-0.15, -0.1) is 0 Å². The third-order valence-electron chi connectivity index (χ3n) is 4.21. The van der Waals surface area contributed by atoms with Crippen molar-refractivity contribution >= 4 is 5.95 Å². The molecule has 2 atom stereocenters. The lowest BCUT2D eigenvalue weighted by Crippen LogP contribution is -2.31. The Kier molecular flexibility index (Phi) is 2.36. The molecule has 0 spiro atoms. The molecule has 0 aromatic carbocycles. The molecule has 2 aliphatic heterocycles. The zero-order chi connectivity index (χ0) is 12.0. The quantitative estimate of drug-likeness (QED) is 0.727. The van der Waals surface area contributed by atoms with E-state index in [1.54, 1.807) is 0 Å². The summed E-state index contributed by atoms with van der Waals surface area (Å²) in [4.78, 5) is 13.7. The molecule has 3 rings (SSSR count). The first-order valence-electron chi connectivity index (χ1n) is 6.30. The molecule has 2 aliphatic rings. The van der Waals surface area contributed by atoms with Gasteiger partial charge in [0.25, 0.3) is 0 Å². The van der Waals surface area contributed by atoms with Gasteiger partial charge in [0, 0.05) is 43.5 Å². The van der Waals surface area contributed by atoms with E-state index in [9.17, 15) is 0 Å². The van der Waals surface area contributed by atoms with Crippen molar-refractivity contribution < 1.29 is 0 Å². The molecule has 1 aromatic heterocycles. The highest BCUT2D eigenvalue weighted by Crippen LogP contribution is 2.42. The largest absolute Gasteiger partial charge is 0.340 e. The van der Waals surface area contributed by atoms with Gasteiger partial charge in [0.1, 0.15) is 0 Å². The van der Waals surface area contributed by atoms with Crippen LogP contribution >= 0.6 is 0 Å².